The summed E-state index contributed by atoms with van der Waals surface area (Å²) >= 11 is 0. The number of nitrogens with one attached hydrogen (secondary N) is 1. The van der Waals surface area contributed by atoms with Gasteiger partial charge in [0.25, 0.3) is 0 Å². The number of hydrogen-bond acceptors (Lipinski definition) is 4. The molecule has 0 aromatic rings. The lowest BCUT2D eigenvalue weighted by Gasteiger charge is -2.43. The molecule has 0 saturated carbocycles. The highest BCUT2D eigenvalue weighted by Crippen LogP contribution is 2.33. The van der Waals surface area contributed by atoms with Crippen molar-refractivity contribution in [3.63, 3.8) is 0 Å². The molecule has 2 atom stereocenters. The Morgan fingerprint density at radius 3 is 2.48 bits per heavy atom. The molecule has 0 radical (unpaired) electrons. The molecular weight excluding hydrogens is 292 g/mol. The smallest absolute Gasteiger partial charge is 0.329 e. The lowest BCUT2D eigenvalue weighted by Crippen LogP contribution is -2.62. The highest BCUT2D eigenvalue weighted by molar-refractivity contribution is 5.91. The molecule has 132 valence electrons. The zero-order valence-electron chi connectivity index (χ0n) is 15.3. The SMILES string of the molecule is CC(C)C[C@H](C(=O)OC(C)(C)C)N1CCC[C@]2(CCCN2)C1=O. The minimum Gasteiger partial charge on any atom is -0.458 e. The Labute approximate surface area is 140 Å². The molecule has 1 amide bonds. The predicted octanol–water partition coefficient (Wildman–Crippen LogP) is 2.49. The third kappa shape index (κ3) is 4.25. The number of rotatable bonds is 4. The molecule has 5 heteroatoms. The predicted molar refractivity (Wildman–Crippen MR) is 90.0 cm³/mol. The van der Waals surface area contributed by atoms with Gasteiger partial charge in [-0.15, -0.1) is 0 Å². The summed E-state index contributed by atoms with van der Waals surface area (Å²) in [6, 6.07) is -0.471. The van der Waals surface area contributed by atoms with Crippen molar-refractivity contribution in [2.75, 3.05) is 13.1 Å². The summed E-state index contributed by atoms with van der Waals surface area (Å²) < 4.78 is 5.60. The second-order valence-corrected chi connectivity index (χ2v) is 8.39. The van der Waals surface area contributed by atoms with Crippen LogP contribution in [0.1, 0.15) is 66.7 Å². The van der Waals surface area contributed by atoms with Crippen LogP contribution < -0.4 is 5.32 Å². The topological polar surface area (TPSA) is 58.6 Å². The van der Waals surface area contributed by atoms with Gasteiger partial charge in [0.05, 0.1) is 5.54 Å². The minimum absolute atomic E-state index is 0.0951. The van der Waals surface area contributed by atoms with Crippen LogP contribution >= 0.6 is 0 Å². The van der Waals surface area contributed by atoms with E-state index in [4.69, 9.17) is 4.74 Å². The van der Waals surface area contributed by atoms with Crippen LogP contribution in [0.2, 0.25) is 0 Å². The van der Waals surface area contributed by atoms with Gasteiger partial charge >= 0.3 is 5.97 Å². The lowest BCUT2D eigenvalue weighted by atomic mass is 9.85. The highest BCUT2D eigenvalue weighted by atomic mass is 16.6. The molecule has 23 heavy (non-hydrogen) atoms. The lowest BCUT2D eigenvalue weighted by molar-refractivity contribution is -0.168. The molecule has 2 fully saturated rings. The number of esters is 1. The molecule has 2 aliphatic rings. The standard InChI is InChI=1S/C18H32N2O3/c1-13(2)12-14(15(21)23-17(3,4)5)20-11-7-9-18(16(20)22)8-6-10-19-18/h13-14,19H,6-12H2,1-5H3/t14-,18-/m1/s1. The molecule has 2 saturated heterocycles. The largest absolute Gasteiger partial charge is 0.458 e. The first-order valence-electron chi connectivity index (χ1n) is 8.94. The molecule has 5 nitrogen and oxygen atoms in total. The Balaban J connectivity index is 2.20. The molecule has 2 rings (SSSR count). The second kappa shape index (κ2) is 6.80. The van der Waals surface area contributed by atoms with E-state index in [1.165, 1.54) is 0 Å². The average molecular weight is 324 g/mol. The van der Waals surface area contributed by atoms with Gasteiger partial charge in [-0.05, 0) is 65.3 Å². The van der Waals surface area contributed by atoms with Crippen molar-refractivity contribution in [2.24, 2.45) is 5.92 Å². The van der Waals surface area contributed by atoms with Gasteiger partial charge < -0.3 is 15.0 Å². The average Bonchev–Trinajstić information content (AvgIpc) is 2.87. The van der Waals surface area contributed by atoms with Crippen LogP contribution in [-0.2, 0) is 14.3 Å². The van der Waals surface area contributed by atoms with Gasteiger partial charge in [0.1, 0.15) is 11.6 Å². The Hall–Kier alpha value is -1.10. The van der Waals surface area contributed by atoms with Crippen LogP contribution in [0.4, 0.5) is 0 Å². The zero-order chi connectivity index (χ0) is 17.3. The maximum atomic E-state index is 13.1. The number of carbonyl (C=O) groups excluding carboxylic acids is 2. The number of likely N-dealkylation sites (tertiary alicyclic amines) is 1. The number of ether oxygens (including phenoxy) is 1. The van der Waals surface area contributed by atoms with Gasteiger partial charge in [-0.3, -0.25) is 4.79 Å². The maximum absolute atomic E-state index is 13.1. The molecule has 0 aromatic carbocycles. The van der Waals surface area contributed by atoms with Gasteiger partial charge in [0, 0.05) is 6.54 Å². The van der Waals surface area contributed by atoms with Crippen LogP contribution in [0.15, 0.2) is 0 Å². The second-order valence-electron chi connectivity index (χ2n) is 8.39. The fourth-order valence-electron chi connectivity index (χ4n) is 3.70. The Bertz CT molecular complexity index is 448. The molecule has 2 heterocycles. The van der Waals surface area contributed by atoms with Crippen molar-refractivity contribution < 1.29 is 14.3 Å². The molecule has 0 aliphatic carbocycles. The molecule has 0 bridgehead atoms. The first kappa shape index (κ1) is 18.2. The first-order chi connectivity index (χ1) is 10.6. The normalized spacial score (nSPS) is 26.9. The third-order valence-electron chi connectivity index (χ3n) is 4.67. The van der Waals surface area contributed by atoms with Crippen LogP contribution in [0.25, 0.3) is 0 Å². The van der Waals surface area contributed by atoms with Crippen LogP contribution in [0.3, 0.4) is 0 Å². The summed E-state index contributed by atoms with van der Waals surface area (Å²) in [5.41, 5.74) is -0.968. The van der Waals surface area contributed by atoms with E-state index in [1.54, 1.807) is 4.90 Å². The van der Waals surface area contributed by atoms with E-state index in [9.17, 15) is 9.59 Å². The van der Waals surface area contributed by atoms with Gasteiger partial charge in [-0.1, -0.05) is 13.8 Å². The van der Waals surface area contributed by atoms with E-state index in [2.05, 4.69) is 19.2 Å². The molecule has 1 N–H and O–H groups in total. The van der Waals surface area contributed by atoms with Gasteiger partial charge in [0.2, 0.25) is 5.91 Å². The summed E-state index contributed by atoms with van der Waals surface area (Å²) in [4.78, 5) is 27.6. The van der Waals surface area contributed by atoms with Crippen molar-refractivity contribution in [3.8, 4) is 0 Å². The Morgan fingerprint density at radius 1 is 1.30 bits per heavy atom. The van der Waals surface area contributed by atoms with Crippen molar-refractivity contribution in [1.82, 2.24) is 10.2 Å². The van der Waals surface area contributed by atoms with Crippen molar-refractivity contribution in [1.29, 1.82) is 0 Å². The van der Waals surface area contributed by atoms with Crippen LogP contribution in [0.5, 0.6) is 0 Å². The first-order valence-corrected chi connectivity index (χ1v) is 8.94. The van der Waals surface area contributed by atoms with E-state index < -0.39 is 17.2 Å². The van der Waals surface area contributed by atoms with Crippen LogP contribution in [-0.4, -0.2) is 47.0 Å². The van der Waals surface area contributed by atoms with E-state index in [0.717, 1.165) is 32.2 Å². The van der Waals surface area contributed by atoms with E-state index in [-0.39, 0.29) is 11.9 Å². The third-order valence-corrected chi connectivity index (χ3v) is 4.67. The van der Waals surface area contributed by atoms with E-state index in [1.807, 2.05) is 20.8 Å². The summed E-state index contributed by atoms with van der Waals surface area (Å²) in [5, 5.41) is 3.40. The van der Waals surface area contributed by atoms with Crippen molar-refractivity contribution in [3.05, 3.63) is 0 Å². The van der Waals surface area contributed by atoms with E-state index >= 15 is 0 Å². The highest BCUT2D eigenvalue weighted by Gasteiger charge is 2.48. The summed E-state index contributed by atoms with van der Waals surface area (Å²) in [6.45, 7) is 11.3. The van der Waals surface area contributed by atoms with Gasteiger partial charge in [-0.25, -0.2) is 4.79 Å². The summed E-state index contributed by atoms with van der Waals surface area (Å²) in [6.07, 6.45) is 4.38. The Kier molecular flexibility index (Phi) is 5.39. The summed E-state index contributed by atoms with van der Waals surface area (Å²) in [7, 11) is 0. The number of hydrogen-bond donors (Lipinski definition) is 1. The fraction of sp³-hybridized carbons (Fsp3) is 0.889. The number of piperidine rings is 1. The maximum Gasteiger partial charge on any atom is 0.329 e. The Morgan fingerprint density at radius 2 is 1.96 bits per heavy atom. The van der Waals surface area contributed by atoms with E-state index in [0.29, 0.717) is 18.9 Å². The van der Waals surface area contributed by atoms with Crippen molar-refractivity contribution >= 4 is 11.9 Å². The number of carbonyl (C=O) groups is 2. The molecule has 1 spiro atoms. The molecule has 0 aromatic heterocycles. The van der Waals surface area contributed by atoms with Gasteiger partial charge in [-0.2, -0.15) is 0 Å². The summed E-state index contributed by atoms with van der Waals surface area (Å²) in [5.74, 6) is 0.155. The molecular formula is C18H32N2O3. The molecule has 2 aliphatic heterocycles. The molecule has 0 unspecified atom stereocenters. The quantitative estimate of drug-likeness (QED) is 0.807. The minimum atomic E-state index is -0.533. The number of amides is 1. The van der Waals surface area contributed by atoms with Crippen LogP contribution in [0, 0.1) is 5.92 Å². The number of nitrogens with zero attached hydrogens (tertiary/aromatic N) is 1. The van der Waals surface area contributed by atoms with Gasteiger partial charge in [0.15, 0.2) is 0 Å². The zero-order valence-corrected chi connectivity index (χ0v) is 15.3. The monoisotopic (exact) mass is 324 g/mol. The van der Waals surface area contributed by atoms with Crippen molar-refractivity contribution in [2.45, 2.75) is 83.9 Å². The fourth-order valence-corrected chi connectivity index (χ4v) is 3.70.